The summed E-state index contributed by atoms with van der Waals surface area (Å²) in [5.41, 5.74) is 1.20. The fourth-order valence-corrected chi connectivity index (χ4v) is 3.65. The Hall–Kier alpha value is -3.94. The van der Waals surface area contributed by atoms with Crippen LogP contribution in [0.2, 0.25) is 0 Å². The van der Waals surface area contributed by atoms with Crippen molar-refractivity contribution >= 4 is 17.6 Å². The fraction of sp³-hybridized carbons (Fsp3) is 0.182. The zero-order valence-electron chi connectivity index (χ0n) is 16.4. The van der Waals surface area contributed by atoms with E-state index in [1.54, 1.807) is 48.5 Å². The van der Waals surface area contributed by atoms with E-state index in [9.17, 15) is 14.7 Å². The van der Waals surface area contributed by atoms with Crippen molar-refractivity contribution in [2.24, 2.45) is 0 Å². The van der Waals surface area contributed by atoms with Gasteiger partial charge in [-0.15, -0.1) is 0 Å². The normalized spacial score (nSPS) is 15.3. The van der Waals surface area contributed by atoms with Crippen LogP contribution in [0.15, 0.2) is 59.2 Å². The van der Waals surface area contributed by atoms with Crippen molar-refractivity contribution < 1.29 is 28.6 Å². The second kappa shape index (κ2) is 7.82. The summed E-state index contributed by atoms with van der Waals surface area (Å²) in [6.07, 6.45) is 0.716. The summed E-state index contributed by atoms with van der Waals surface area (Å²) in [5.74, 6) is -0.858. The zero-order valence-corrected chi connectivity index (χ0v) is 16.4. The highest BCUT2D eigenvalue weighted by Crippen LogP contribution is 2.40. The zero-order chi connectivity index (χ0) is 21.3. The number of hydrogen-bond acceptors (Lipinski definition) is 7. The molecule has 1 aromatic heterocycles. The van der Waals surface area contributed by atoms with E-state index >= 15 is 0 Å². The van der Waals surface area contributed by atoms with Gasteiger partial charge < -0.3 is 34.0 Å². The molecule has 1 aliphatic heterocycles. The van der Waals surface area contributed by atoms with Crippen LogP contribution in [0.1, 0.15) is 38.2 Å². The molecule has 0 spiro atoms. The Balaban J connectivity index is 1.88. The van der Waals surface area contributed by atoms with Gasteiger partial charge in [-0.05, 0) is 30.3 Å². The third-order valence-corrected chi connectivity index (χ3v) is 5.01. The van der Waals surface area contributed by atoms with Crippen LogP contribution in [0.4, 0.5) is 5.69 Å². The van der Waals surface area contributed by atoms with Crippen LogP contribution in [0.5, 0.6) is 11.5 Å². The van der Waals surface area contributed by atoms with Crippen LogP contribution in [0, 0.1) is 0 Å². The highest BCUT2D eigenvalue weighted by Gasteiger charge is 2.35. The average Bonchev–Trinajstić information content (AvgIpc) is 3.27. The Kier molecular flexibility index (Phi) is 5.05. The summed E-state index contributed by atoms with van der Waals surface area (Å²) in [6.45, 7) is 0.138. The van der Waals surface area contributed by atoms with Crippen LogP contribution in [-0.2, 0) is 6.54 Å². The number of hydrogen-bond donors (Lipinski definition) is 1. The van der Waals surface area contributed by atoms with E-state index in [4.69, 9.17) is 13.9 Å². The number of benzene rings is 2. The molecular formula is C22H19N2O6-. The van der Waals surface area contributed by atoms with Gasteiger partial charge in [0.15, 0.2) is 11.5 Å². The number of nitrogens with zero attached hydrogens (tertiary/aromatic N) is 1. The molecule has 0 fully saturated rings. The third-order valence-electron chi connectivity index (χ3n) is 5.01. The standard InChI is InChI=1S/C22H20N2O6/c1-28-17-10-9-15(18(22(26)27)19(17)29-2)20-23-16-8-4-3-7-14(16)21(25)24(20)12-13-6-5-11-30-13/h3-11,20,23H,12H2,1-2H3,(H,26,27)/p-1/t20-/m0/s1. The number of fused-ring (bicyclic) bond motifs is 1. The van der Waals surface area contributed by atoms with Gasteiger partial charge in [-0.2, -0.15) is 0 Å². The van der Waals surface area contributed by atoms with Crippen LogP contribution in [0.3, 0.4) is 0 Å². The molecule has 1 amide bonds. The summed E-state index contributed by atoms with van der Waals surface area (Å²) >= 11 is 0. The number of nitrogens with one attached hydrogen (secondary N) is 1. The maximum absolute atomic E-state index is 13.3. The summed E-state index contributed by atoms with van der Waals surface area (Å²) in [4.78, 5) is 26.9. The molecule has 1 atom stereocenters. The van der Waals surface area contributed by atoms with E-state index in [2.05, 4.69) is 5.32 Å². The minimum atomic E-state index is -1.44. The van der Waals surface area contributed by atoms with Crippen LogP contribution < -0.4 is 19.9 Å². The van der Waals surface area contributed by atoms with E-state index in [0.29, 0.717) is 22.6 Å². The van der Waals surface area contributed by atoms with E-state index in [-0.39, 0.29) is 29.5 Å². The molecular weight excluding hydrogens is 388 g/mol. The van der Waals surface area contributed by atoms with Gasteiger partial charge in [-0.25, -0.2) is 0 Å². The van der Waals surface area contributed by atoms with Crippen LogP contribution in [0.25, 0.3) is 0 Å². The van der Waals surface area contributed by atoms with Crippen molar-refractivity contribution in [2.45, 2.75) is 12.7 Å². The largest absolute Gasteiger partial charge is 0.545 e. The summed E-state index contributed by atoms with van der Waals surface area (Å²) < 4.78 is 15.9. The number of amides is 1. The molecule has 0 saturated carbocycles. The minimum absolute atomic E-state index is 0.0288. The molecule has 0 radical (unpaired) electrons. The molecule has 0 saturated heterocycles. The highest BCUT2D eigenvalue weighted by atomic mass is 16.5. The van der Waals surface area contributed by atoms with Gasteiger partial charge in [0.05, 0.1) is 44.1 Å². The molecule has 2 aromatic carbocycles. The number of furan rings is 1. The van der Waals surface area contributed by atoms with Crippen LogP contribution >= 0.6 is 0 Å². The van der Waals surface area contributed by atoms with Crippen molar-refractivity contribution in [3.05, 3.63) is 77.2 Å². The molecule has 154 valence electrons. The monoisotopic (exact) mass is 407 g/mol. The first-order chi connectivity index (χ1) is 14.5. The van der Waals surface area contributed by atoms with Crippen molar-refractivity contribution in [1.29, 1.82) is 0 Å². The number of anilines is 1. The van der Waals surface area contributed by atoms with E-state index in [1.807, 2.05) is 0 Å². The van der Waals surface area contributed by atoms with Gasteiger partial charge in [-0.3, -0.25) is 4.79 Å². The number of carbonyl (C=O) groups is 2. The maximum atomic E-state index is 13.3. The van der Waals surface area contributed by atoms with E-state index < -0.39 is 12.1 Å². The predicted molar refractivity (Wildman–Crippen MR) is 105 cm³/mol. The van der Waals surface area contributed by atoms with Crippen molar-refractivity contribution in [1.82, 2.24) is 4.90 Å². The number of para-hydroxylation sites is 1. The Bertz CT molecular complexity index is 1090. The Labute approximate surface area is 172 Å². The number of rotatable bonds is 6. The summed E-state index contributed by atoms with van der Waals surface area (Å²) in [7, 11) is 2.77. The van der Waals surface area contributed by atoms with Crippen molar-refractivity contribution in [3.8, 4) is 11.5 Å². The number of carboxylic acids is 1. The molecule has 4 rings (SSSR count). The lowest BCUT2D eigenvalue weighted by Crippen LogP contribution is -2.43. The second-order valence-electron chi connectivity index (χ2n) is 6.66. The third kappa shape index (κ3) is 3.22. The average molecular weight is 407 g/mol. The molecule has 0 aliphatic carbocycles. The molecule has 2 heterocycles. The Morgan fingerprint density at radius 1 is 1.13 bits per heavy atom. The van der Waals surface area contributed by atoms with E-state index in [1.165, 1.54) is 25.4 Å². The van der Waals surface area contributed by atoms with Gasteiger partial charge in [0, 0.05) is 11.3 Å². The van der Waals surface area contributed by atoms with Gasteiger partial charge in [-0.1, -0.05) is 18.2 Å². The highest BCUT2D eigenvalue weighted by molar-refractivity contribution is 6.02. The molecule has 1 N–H and O–H groups in total. The molecule has 8 heteroatoms. The topological polar surface area (TPSA) is 104 Å². The fourth-order valence-electron chi connectivity index (χ4n) is 3.65. The van der Waals surface area contributed by atoms with Gasteiger partial charge in [0.25, 0.3) is 5.91 Å². The summed E-state index contributed by atoms with van der Waals surface area (Å²) in [6, 6.07) is 13.7. The van der Waals surface area contributed by atoms with E-state index in [0.717, 1.165) is 0 Å². The first kappa shape index (κ1) is 19.4. The van der Waals surface area contributed by atoms with Crippen molar-refractivity contribution in [3.63, 3.8) is 0 Å². The SMILES string of the molecule is COc1ccc([C@H]2Nc3ccccc3C(=O)N2Cc2ccco2)c(C(=O)[O-])c1OC. The summed E-state index contributed by atoms with van der Waals surface area (Å²) in [5, 5.41) is 15.3. The predicted octanol–water partition coefficient (Wildman–Crippen LogP) is 2.43. The van der Waals surface area contributed by atoms with Crippen LogP contribution in [-0.4, -0.2) is 31.0 Å². The molecule has 0 unspecified atom stereocenters. The number of aromatic carboxylic acids is 1. The molecule has 3 aromatic rings. The maximum Gasteiger partial charge on any atom is 0.258 e. The number of ether oxygens (including phenoxy) is 2. The molecule has 30 heavy (non-hydrogen) atoms. The number of carboxylic acid groups (broad SMARTS) is 1. The Morgan fingerprint density at radius 2 is 1.93 bits per heavy atom. The second-order valence-corrected chi connectivity index (χ2v) is 6.66. The quantitative estimate of drug-likeness (QED) is 0.669. The minimum Gasteiger partial charge on any atom is -0.545 e. The van der Waals surface area contributed by atoms with Gasteiger partial charge in [0.2, 0.25) is 0 Å². The lowest BCUT2D eigenvalue weighted by Gasteiger charge is -2.38. The molecule has 1 aliphatic rings. The lowest BCUT2D eigenvalue weighted by molar-refractivity contribution is -0.255. The van der Waals surface area contributed by atoms with Crippen molar-refractivity contribution in [2.75, 3.05) is 19.5 Å². The number of carbonyl (C=O) groups excluding carboxylic acids is 2. The van der Waals surface area contributed by atoms with Gasteiger partial charge >= 0.3 is 0 Å². The first-order valence-electron chi connectivity index (χ1n) is 9.20. The lowest BCUT2D eigenvalue weighted by atomic mass is 9.98. The molecule has 8 nitrogen and oxygen atoms in total. The smallest absolute Gasteiger partial charge is 0.258 e. The molecule has 0 bridgehead atoms. The number of methoxy groups -OCH3 is 2. The first-order valence-corrected chi connectivity index (χ1v) is 9.20. The van der Waals surface area contributed by atoms with Gasteiger partial charge in [0.1, 0.15) is 11.9 Å². The Morgan fingerprint density at radius 3 is 2.60 bits per heavy atom.